The maximum atomic E-state index is 12.6. The van der Waals surface area contributed by atoms with E-state index in [1.807, 2.05) is 13.0 Å². The summed E-state index contributed by atoms with van der Waals surface area (Å²) >= 11 is 0. The lowest BCUT2D eigenvalue weighted by Gasteiger charge is -2.48. The van der Waals surface area contributed by atoms with Crippen molar-refractivity contribution in [2.75, 3.05) is 14.2 Å². The van der Waals surface area contributed by atoms with Crippen LogP contribution < -0.4 is 0 Å². The normalized spacial score (nSPS) is 34.2. The molecule has 0 heterocycles. The van der Waals surface area contributed by atoms with Gasteiger partial charge in [0.05, 0.1) is 25.6 Å². The summed E-state index contributed by atoms with van der Waals surface area (Å²) in [5, 5.41) is 9.93. The summed E-state index contributed by atoms with van der Waals surface area (Å²) < 4.78 is 10.1. The zero-order chi connectivity index (χ0) is 17.7. The molecule has 0 spiro atoms. The number of methoxy groups -OCH3 is 2. The monoisotopic (exact) mass is 332 g/mol. The Morgan fingerprint density at radius 1 is 1.17 bits per heavy atom. The van der Waals surface area contributed by atoms with E-state index in [0.29, 0.717) is 6.42 Å². The highest BCUT2D eigenvalue weighted by Gasteiger charge is 2.63. The van der Waals surface area contributed by atoms with E-state index in [1.54, 1.807) is 12.1 Å². The number of benzene rings is 1. The van der Waals surface area contributed by atoms with E-state index >= 15 is 0 Å². The largest absolute Gasteiger partial charge is 0.508 e. The van der Waals surface area contributed by atoms with Crippen molar-refractivity contribution in [1.82, 2.24) is 0 Å². The lowest BCUT2D eigenvalue weighted by atomic mass is 9.54. The third-order valence-electron chi connectivity index (χ3n) is 6.19. The van der Waals surface area contributed by atoms with Crippen molar-refractivity contribution in [3.05, 3.63) is 29.3 Å². The zero-order valence-electron chi connectivity index (χ0n) is 14.6. The van der Waals surface area contributed by atoms with E-state index in [0.717, 1.165) is 24.0 Å². The molecule has 130 valence electrons. The molecule has 3 rings (SSSR count). The second kappa shape index (κ2) is 5.50. The molecule has 0 aliphatic heterocycles. The predicted octanol–water partition coefficient (Wildman–Crippen LogP) is 2.90. The van der Waals surface area contributed by atoms with Crippen molar-refractivity contribution < 1.29 is 24.2 Å². The van der Waals surface area contributed by atoms with Crippen LogP contribution >= 0.6 is 0 Å². The van der Waals surface area contributed by atoms with Gasteiger partial charge in [0.25, 0.3) is 0 Å². The minimum absolute atomic E-state index is 0.115. The maximum Gasteiger partial charge on any atom is 0.313 e. The molecule has 1 N–H and O–H groups in total. The summed E-state index contributed by atoms with van der Waals surface area (Å²) in [6.45, 7) is 4.00. The molecular weight excluding hydrogens is 308 g/mol. The SMILES string of the molecule is COC(=O)[C@H]1c2cc(O)ccc2[C@]2(C)CCC[C@@](C)(C(=O)OC)[C@@H]12. The summed E-state index contributed by atoms with van der Waals surface area (Å²) in [6, 6.07) is 5.16. The fraction of sp³-hybridized carbons (Fsp3) is 0.579. The molecule has 1 saturated carbocycles. The highest BCUT2D eigenvalue weighted by atomic mass is 16.5. The van der Waals surface area contributed by atoms with E-state index in [-0.39, 0.29) is 29.0 Å². The molecule has 1 aromatic carbocycles. The molecule has 0 amide bonds. The van der Waals surface area contributed by atoms with Gasteiger partial charge in [-0.3, -0.25) is 9.59 Å². The number of hydrogen-bond acceptors (Lipinski definition) is 5. The summed E-state index contributed by atoms with van der Waals surface area (Å²) in [5.41, 5.74) is 0.695. The number of aromatic hydroxyl groups is 1. The molecule has 1 fully saturated rings. The second-order valence-corrected chi connectivity index (χ2v) is 7.43. The molecule has 4 atom stereocenters. The molecule has 5 nitrogen and oxygen atoms in total. The van der Waals surface area contributed by atoms with Crippen LogP contribution in [0.3, 0.4) is 0 Å². The number of phenols is 1. The average Bonchev–Trinajstić information content (AvgIpc) is 2.83. The predicted molar refractivity (Wildman–Crippen MR) is 87.7 cm³/mol. The van der Waals surface area contributed by atoms with E-state index in [2.05, 4.69) is 6.92 Å². The van der Waals surface area contributed by atoms with Crippen LogP contribution in [0.1, 0.15) is 50.2 Å². The van der Waals surface area contributed by atoms with Crippen LogP contribution in [-0.4, -0.2) is 31.3 Å². The van der Waals surface area contributed by atoms with Crippen LogP contribution in [-0.2, 0) is 24.5 Å². The Morgan fingerprint density at radius 2 is 1.88 bits per heavy atom. The van der Waals surface area contributed by atoms with Crippen LogP contribution in [0.5, 0.6) is 5.75 Å². The maximum absolute atomic E-state index is 12.6. The Balaban J connectivity index is 2.25. The number of ether oxygens (including phenoxy) is 2. The molecule has 1 aromatic rings. The van der Waals surface area contributed by atoms with E-state index in [9.17, 15) is 14.7 Å². The Labute approximate surface area is 142 Å². The van der Waals surface area contributed by atoms with Crippen LogP contribution in [0.2, 0.25) is 0 Å². The zero-order valence-corrected chi connectivity index (χ0v) is 14.6. The van der Waals surface area contributed by atoms with Gasteiger partial charge in [0.1, 0.15) is 5.75 Å². The van der Waals surface area contributed by atoms with Crippen molar-refractivity contribution in [2.24, 2.45) is 11.3 Å². The number of fused-ring (bicyclic) bond motifs is 3. The van der Waals surface area contributed by atoms with Gasteiger partial charge in [-0.05, 0) is 48.4 Å². The van der Waals surface area contributed by atoms with Crippen LogP contribution in [0.4, 0.5) is 0 Å². The van der Waals surface area contributed by atoms with Gasteiger partial charge >= 0.3 is 11.9 Å². The molecule has 24 heavy (non-hydrogen) atoms. The molecule has 5 heteroatoms. The third-order valence-corrected chi connectivity index (χ3v) is 6.19. The summed E-state index contributed by atoms with van der Waals surface area (Å²) in [4.78, 5) is 25.3. The lowest BCUT2D eigenvalue weighted by Crippen LogP contribution is -2.51. The first-order valence-corrected chi connectivity index (χ1v) is 8.29. The number of esters is 2. The molecule has 0 bridgehead atoms. The number of hydrogen-bond donors (Lipinski definition) is 1. The fourth-order valence-electron chi connectivity index (χ4n) is 5.23. The minimum atomic E-state index is -0.769. The van der Waals surface area contributed by atoms with Gasteiger partial charge in [-0.25, -0.2) is 0 Å². The van der Waals surface area contributed by atoms with Crippen molar-refractivity contribution in [3.63, 3.8) is 0 Å². The van der Waals surface area contributed by atoms with Gasteiger partial charge in [0.2, 0.25) is 0 Å². The lowest BCUT2D eigenvalue weighted by molar-refractivity contribution is -0.164. The molecule has 2 aliphatic carbocycles. The second-order valence-electron chi connectivity index (χ2n) is 7.43. The molecule has 0 aromatic heterocycles. The summed E-state index contributed by atoms with van der Waals surface area (Å²) in [5.74, 6) is -1.37. The average molecular weight is 332 g/mol. The van der Waals surface area contributed by atoms with E-state index in [4.69, 9.17) is 9.47 Å². The number of carbonyl (C=O) groups is 2. The number of phenolic OH excluding ortho intramolecular Hbond substituents is 1. The van der Waals surface area contributed by atoms with Crippen LogP contribution in [0.25, 0.3) is 0 Å². The molecule has 0 saturated heterocycles. The molecule has 0 radical (unpaired) electrons. The Hall–Kier alpha value is -2.04. The van der Waals surface area contributed by atoms with Crippen LogP contribution in [0.15, 0.2) is 18.2 Å². The molecule has 2 aliphatic rings. The number of rotatable bonds is 2. The van der Waals surface area contributed by atoms with Crippen molar-refractivity contribution in [1.29, 1.82) is 0 Å². The van der Waals surface area contributed by atoms with Gasteiger partial charge in [-0.15, -0.1) is 0 Å². The van der Waals surface area contributed by atoms with Gasteiger partial charge < -0.3 is 14.6 Å². The minimum Gasteiger partial charge on any atom is -0.508 e. The topological polar surface area (TPSA) is 72.8 Å². The summed E-state index contributed by atoms with van der Waals surface area (Å²) in [6.07, 6.45) is 2.44. The summed E-state index contributed by atoms with van der Waals surface area (Å²) in [7, 11) is 2.75. The van der Waals surface area contributed by atoms with Gasteiger partial charge in [0, 0.05) is 5.92 Å². The van der Waals surface area contributed by atoms with Gasteiger partial charge in [-0.1, -0.05) is 19.4 Å². The first kappa shape index (κ1) is 16.8. The fourth-order valence-corrected chi connectivity index (χ4v) is 5.23. The molecular formula is C19H24O5. The highest BCUT2D eigenvalue weighted by Crippen LogP contribution is 2.64. The Kier molecular flexibility index (Phi) is 3.85. The van der Waals surface area contributed by atoms with Crippen molar-refractivity contribution in [3.8, 4) is 5.75 Å². The number of carbonyl (C=O) groups excluding carboxylic acids is 2. The first-order chi connectivity index (χ1) is 11.3. The van der Waals surface area contributed by atoms with Crippen molar-refractivity contribution in [2.45, 2.75) is 44.4 Å². The van der Waals surface area contributed by atoms with Gasteiger partial charge in [0.15, 0.2) is 0 Å². The third kappa shape index (κ3) is 2.06. The van der Waals surface area contributed by atoms with Crippen molar-refractivity contribution >= 4 is 11.9 Å². The van der Waals surface area contributed by atoms with E-state index in [1.165, 1.54) is 14.2 Å². The van der Waals surface area contributed by atoms with E-state index < -0.39 is 11.3 Å². The highest BCUT2D eigenvalue weighted by molar-refractivity contribution is 5.85. The Bertz CT molecular complexity index is 697. The smallest absolute Gasteiger partial charge is 0.313 e. The quantitative estimate of drug-likeness (QED) is 0.843. The standard InChI is InChI=1S/C19H24O5/c1-18-8-5-9-19(2,17(22)24-4)15(18)14(16(21)23-3)12-10-11(20)6-7-13(12)18/h6-7,10,14-15,20H,5,8-9H2,1-4H3/t14-,15-,18-,19+/m0/s1. The molecule has 0 unspecified atom stereocenters. The van der Waals surface area contributed by atoms with Gasteiger partial charge in [-0.2, -0.15) is 0 Å². The van der Waals surface area contributed by atoms with Crippen LogP contribution in [0, 0.1) is 11.3 Å². The first-order valence-electron chi connectivity index (χ1n) is 8.29. The Morgan fingerprint density at radius 3 is 2.50 bits per heavy atom.